The molecule has 0 radical (unpaired) electrons. The van der Waals surface area contributed by atoms with Crippen LogP contribution in [0.3, 0.4) is 0 Å². The molecule has 6 heteroatoms. The van der Waals surface area contributed by atoms with Crippen LogP contribution in [0, 0.1) is 5.92 Å². The molecule has 0 spiro atoms. The first-order valence-electron chi connectivity index (χ1n) is 9.11. The number of nitrogens with one attached hydrogen (secondary N) is 2. The van der Waals surface area contributed by atoms with Crippen LogP contribution in [0.5, 0.6) is 0 Å². The Balaban J connectivity index is 1.56. The topological polar surface area (TPSA) is 44.4 Å². The van der Waals surface area contributed by atoms with Crippen molar-refractivity contribution in [3.05, 3.63) is 35.4 Å². The standard InChI is InChI=1S/C19H27F2N3O/c1-14-5-4-8-24(11-14)12-16-7-3-2-6-15(16)10-22-18(25)17-9-19(20,21)13-23-17/h2-3,6-7,14,17,23H,4-5,8-13H2,1H3,(H,22,25). The maximum absolute atomic E-state index is 13.2. The van der Waals surface area contributed by atoms with E-state index in [1.165, 1.54) is 18.4 Å². The SMILES string of the molecule is CC1CCCN(Cc2ccccc2CNC(=O)C2CC(F)(F)CN2)C1. The number of carbonyl (C=O) groups excluding carboxylic acids is 1. The Kier molecular flexibility index (Phi) is 5.69. The van der Waals surface area contributed by atoms with Gasteiger partial charge in [0.05, 0.1) is 12.6 Å². The predicted octanol–water partition coefficient (Wildman–Crippen LogP) is 2.53. The molecule has 2 N–H and O–H groups in total. The summed E-state index contributed by atoms with van der Waals surface area (Å²) in [5, 5.41) is 5.41. The summed E-state index contributed by atoms with van der Waals surface area (Å²) in [4.78, 5) is 14.6. The Labute approximate surface area is 148 Å². The van der Waals surface area contributed by atoms with E-state index in [1.54, 1.807) is 0 Å². The molecule has 2 fully saturated rings. The van der Waals surface area contributed by atoms with Crippen LogP contribution in [0.15, 0.2) is 24.3 Å². The average Bonchev–Trinajstić information content (AvgIpc) is 2.94. The van der Waals surface area contributed by atoms with Gasteiger partial charge in [0.15, 0.2) is 0 Å². The summed E-state index contributed by atoms with van der Waals surface area (Å²) >= 11 is 0. The van der Waals surface area contributed by atoms with Gasteiger partial charge in [-0.1, -0.05) is 31.2 Å². The van der Waals surface area contributed by atoms with Gasteiger partial charge >= 0.3 is 0 Å². The summed E-state index contributed by atoms with van der Waals surface area (Å²) < 4.78 is 26.5. The molecule has 1 amide bonds. The van der Waals surface area contributed by atoms with Crippen LogP contribution in [0.4, 0.5) is 8.78 Å². The molecule has 2 aliphatic heterocycles. The maximum Gasteiger partial charge on any atom is 0.262 e. The molecule has 3 rings (SSSR count). The van der Waals surface area contributed by atoms with Crippen LogP contribution in [-0.2, 0) is 17.9 Å². The number of rotatable bonds is 5. The van der Waals surface area contributed by atoms with E-state index >= 15 is 0 Å². The summed E-state index contributed by atoms with van der Waals surface area (Å²) in [5.41, 5.74) is 2.25. The van der Waals surface area contributed by atoms with Gasteiger partial charge in [0.1, 0.15) is 0 Å². The second-order valence-corrected chi connectivity index (χ2v) is 7.46. The minimum absolute atomic E-state index is 0.349. The van der Waals surface area contributed by atoms with E-state index in [9.17, 15) is 13.6 Å². The number of piperidine rings is 1. The van der Waals surface area contributed by atoms with E-state index < -0.39 is 24.9 Å². The predicted molar refractivity (Wildman–Crippen MR) is 93.3 cm³/mol. The van der Waals surface area contributed by atoms with Gasteiger partial charge in [0, 0.05) is 26.1 Å². The lowest BCUT2D eigenvalue weighted by Gasteiger charge is -2.31. The van der Waals surface area contributed by atoms with Crippen molar-refractivity contribution in [2.75, 3.05) is 19.6 Å². The van der Waals surface area contributed by atoms with Gasteiger partial charge in [-0.2, -0.15) is 0 Å². The molecule has 2 heterocycles. The number of halogens is 2. The van der Waals surface area contributed by atoms with Crippen molar-refractivity contribution in [3.8, 4) is 0 Å². The lowest BCUT2D eigenvalue weighted by Crippen LogP contribution is -2.40. The van der Waals surface area contributed by atoms with Gasteiger partial charge < -0.3 is 5.32 Å². The fraction of sp³-hybridized carbons (Fsp3) is 0.632. The fourth-order valence-electron chi connectivity index (χ4n) is 3.76. The van der Waals surface area contributed by atoms with Crippen LogP contribution in [0.1, 0.15) is 37.3 Å². The number of likely N-dealkylation sites (tertiary alicyclic amines) is 1. The van der Waals surface area contributed by atoms with Crippen LogP contribution in [0.2, 0.25) is 0 Å². The number of hydrogen-bond acceptors (Lipinski definition) is 3. The largest absolute Gasteiger partial charge is 0.351 e. The highest BCUT2D eigenvalue weighted by Gasteiger charge is 2.42. The summed E-state index contributed by atoms with van der Waals surface area (Å²) in [5.74, 6) is -2.42. The molecular weight excluding hydrogens is 324 g/mol. The van der Waals surface area contributed by atoms with Crippen molar-refractivity contribution < 1.29 is 13.6 Å². The molecule has 0 bridgehead atoms. The third-order valence-corrected chi connectivity index (χ3v) is 5.13. The molecule has 2 atom stereocenters. The molecule has 138 valence electrons. The van der Waals surface area contributed by atoms with Gasteiger partial charge in [-0.05, 0) is 36.4 Å². The zero-order valence-electron chi connectivity index (χ0n) is 14.7. The van der Waals surface area contributed by atoms with Gasteiger partial charge in [-0.15, -0.1) is 0 Å². The van der Waals surface area contributed by atoms with Crippen LogP contribution >= 0.6 is 0 Å². The number of hydrogen-bond donors (Lipinski definition) is 2. The molecule has 2 unspecified atom stereocenters. The molecule has 0 aromatic heterocycles. The van der Waals surface area contributed by atoms with Gasteiger partial charge in [-0.3, -0.25) is 15.0 Å². The summed E-state index contributed by atoms with van der Waals surface area (Å²) in [6.45, 7) is 5.31. The van der Waals surface area contributed by atoms with E-state index in [0.717, 1.165) is 31.1 Å². The molecule has 2 aliphatic rings. The molecule has 1 aromatic carbocycles. The maximum atomic E-state index is 13.2. The minimum atomic E-state index is -2.79. The highest BCUT2D eigenvalue weighted by atomic mass is 19.3. The van der Waals surface area contributed by atoms with Crippen molar-refractivity contribution in [3.63, 3.8) is 0 Å². The summed E-state index contributed by atoms with van der Waals surface area (Å²) in [6.07, 6.45) is 2.08. The number of alkyl halides is 2. The lowest BCUT2D eigenvalue weighted by atomic mass is 9.99. The van der Waals surface area contributed by atoms with E-state index in [4.69, 9.17) is 0 Å². The Morgan fingerprint density at radius 2 is 2.12 bits per heavy atom. The first kappa shape index (κ1) is 18.3. The van der Waals surface area contributed by atoms with Gasteiger partial charge in [0.25, 0.3) is 5.92 Å². The third kappa shape index (κ3) is 4.98. The van der Waals surface area contributed by atoms with E-state index in [-0.39, 0.29) is 5.91 Å². The highest BCUT2D eigenvalue weighted by Crippen LogP contribution is 2.25. The lowest BCUT2D eigenvalue weighted by molar-refractivity contribution is -0.123. The Bertz CT molecular complexity index is 608. The molecule has 25 heavy (non-hydrogen) atoms. The summed E-state index contributed by atoms with van der Waals surface area (Å²) in [7, 11) is 0. The minimum Gasteiger partial charge on any atom is -0.351 e. The molecule has 0 aliphatic carbocycles. The van der Waals surface area contributed by atoms with Crippen molar-refractivity contribution in [1.29, 1.82) is 0 Å². The quantitative estimate of drug-likeness (QED) is 0.857. The number of carbonyl (C=O) groups is 1. The second kappa shape index (κ2) is 7.79. The van der Waals surface area contributed by atoms with E-state index in [0.29, 0.717) is 6.54 Å². The molecule has 0 saturated carbocycles. The van der Waals surface area contributed by atoms with E-state index in [1.807, 2.05) is 18.2 Å². The van der Waals surface area contributed by atoms with Crippen molar-refractivity contribution >= 4 is 5.91 Å². The monoisotopic (exact) mass is 351 g/mol. The third-order valence-electron chi connectivity index (χ3n) is 5.13. The normalized spacial score (nSPS) is 26.5. The van der Waals surface area contributed by atoms with Crippen LogP contribution in [-0.4, -0.2) is 42.4 Å². The van der Waals surface area contributed by atoms with Crippen molar-refractivity contribution in [1.82, 2.24) is 15.5 Å². The summed E-state index contributed by atoms with van der Waals surface area (Å²) in [6, 6.07) is 7.24. The highest BCUT2D eigenvalue weighted by molar-refractivity contribution is 5.82. The van der Waals surface area contributed by atoms with Gasteiger partial charge in [-0.25, -0.2) is 8.78 Å². The Morgan fingerprint density at radius 3 is 2.80 bits per heavy atom. The number of benzene rings is 1. The molecular formula is C19H27F2N3O. The Hall–Kier alpha value is -1.53. The Morgan fingerprint density at radius 1 is 1.36 bits per heavy atom. The molecule has 2 saturated heterocycles. The molecule has 4 nitrogen and oxygen atoms in total. The molecule has 1 aromatic rings. The van der Waals surface area contributed by atoms with Crippen molar-refractivity contribution in [2.45, 2.75) is 51.2 Å². The second-order valence-electron chi connectivity index (χ2n) is 7.46. The van der Waals surface area contributed by atoms with Crippen molar-refractivity contribution in [2.24, 2.45) is 5.92 Å². The first-order chi connectivity index (χ1) is 11.9. The average molecular weight is 351 g/mol. The first-order valence-corrected chi connectivity index (χ1v) is 9.11. The zero-order chi connectivity index (χ0) is 17.9. The van der Waals surface area contributed by atoms with Gasteiger partial charge in [0.2, 0.25) is 5.91 Å². The zero-order valence-corrected chi connectivity index (χ0v) is 14.7. The number of amides is 1. The number of nitrogens with zero attached hydrogens (tertiary/aromatic N) is 1. The van der Waals surface area contributed by atoms with E-state index in [2.05, 4.69) is 28.5 Å². The van der Waals surface area contributed by atoms with Crippen LogP contribution < -0.4 is 10.6 Å². The smallest absolute Gasteiger partial charge is 0.262 e. The fourth-order valence-corrected chi connectivity index (χ4v) is 3.76. The van der Waals surface area contributed by atoms with Crippen LogP contribution in [0.25, 0.3) is 0 Å².